The van der Waals surface area contributed by atoms with Crippen molar-refractivity contribution < 1.29 is 0 Å². The second kappa shape index (κ2) is 3.85. The fraction of sp³-hybridized carbons (Fsp3) is 0. The van der Waals surface area contributed by atoms with Crippen molar-refractivity contribution in [1.82, 2.24) is 19.4 Å². The Morgan fingerprint density at radius 3 is 2.94 bits per heavy atom. The molecule has 90 valence electrons. The van der Waals surface area contributed by atoms with Crippen molar-refractivity contribution in [2.45, 2.75) is 0 Å². The van der Waals surface area contributed by atoms with Gasteiger partial charge in [-0.3, -0.25) is 5.41 Å². The number of nitrogens with one attached hydrogen (secondary N) is 1. The third kappa shape index (κ3) is 1.54. The van der Waals surface area contributed by atoms with E-state index in [1.54, 1.807) is 23.0 Å². The fourth-order valence-electron chi connectivity index (χ4n) is 1.74. The van der Waals surface area contributed by atoms with Gasteiger partial charge in [-0.15, -0.1) is 0 Å². The second-order valence-electron chi connectivity index (χ2n) is 3.77. The number of hydrogen-bond donors (Lipinski definition) is 2. The van der Waals surface area contributed by atoms with Crippen LogP contribution in [0.2, 0.25) is 5.02 Å². The van der Waals surface area contributed by atoms with Crippen LogP contribution in [-0.4, -0.2) is 19.4 Å². The zero-order valence-electron chi connectivity index (χ0n) is 9.21. The quantitative estimate of drug-likeness (QED) is 0.642. The summed E-state index contributed by atoms with van der Waals surface area (Å²) >= 11 is 5.95. The first-order valence-corrected chi connectivity index (χ1v) is 5.55. The molecule has 0 spiro atoms. The van der Waals surface area contributed by atoms with Crippen LogP contribution < -0.4 is 11.3 Å². The van der Waals surface area contributed by atoms with Gasteiger partial charge in [0.05, 0.1) is 17.3 Å². The lowest BCUT2D eigenvalue weighted by molar-refractivity contribution is 0.851. The molecule has 0 aliphatic carbocycles. The lowest BCUT2D eigenvalue weighted by Crippen LogP contribution is -2.27. The standard InChI is InChI=1S/C11H9ClN6/c12-7-2-1-3-8(4-7)18-11-9(5-16-18)10(13)17(14)6-15-11/h1-6,13H,14H2. The monoisotopic (exact) mass is 260 g/mol. The highest BCUT2D eigenvalue weighted by Gasteiger charge is 2.08. The molecule has 1 aromatic carbocycles. The summed E-state index contributed by atoms with van der Waals surface area (Å²) in [5, 5.41) is 13.2. The number of nitrogen functional groups attached to an aromatic ring is 1. The zero-order valence-corrected chi connectivity index (χ0v) is 9.96. The largest absolute Gasteiger partial charge is 0.336 e. The number of halogens is 1. The molecular formula is C11H9ClN6. The number of nitrogens with two attached hydrogens (primary N) is 1. The molecule has 2 aromatic heterocycles. The van der Waals surface area contributed by atoms with E-state index in [9.17, 15) is 0 Å². The summed E-state index contributed by atoms with van der Waals surface area (Å²) in [6.45, 7) is 0. The van der Waals surface area contributed by atoms with Gasteiger partial charge in [0.25, 0.3) is 0 Å². The Hall–Kier alpha value is -2.34. The van der Waals surface area contributed by atoms with E-state index < -0.39 is 0 Å². The topological polar surface area (TPSA) is 85.5 Å². The van der Waals surface area contributed by atoms with Crippen molar-refractivity contribution in [3.63, 3.8) is 0 Å². The fourth-order valence-corrected chi connectivity index (χ4v) is 1.93. The number of benzene rings is 1. The molecule has 0 radical (unpaired) electrons. The molecule has 7 heteroatoms. The molecule has 2 heterocycles. The maximum Gasteiger partial charge on any atom is 0.168 e. The van der Waals surface area contributed by atoms with Gasteiger partial charge in [0.1, 0.15) is 6.33 Å². The zero-order chi connectivity index (χ0) is 12.7. The average Bonchev–Trinajstić information content (AvgIpc) is 2.78. The summed E-state index contributed by atoms with van der Waals surface area (Å²) < 4.78 is 2.77. The minimum absolute atomic E-state index is 0.160. The van der Waals surface area contributed by atoms with Crippen LogP contribution in [0.4, 0.5) is 0 Å². The van der Waals surface area contributed by atoms with Crippen LogP contribution in [0, 0.1) is 5.41 Å². The summed E-state index contributed by atoms with van der Waals surface area (Å²) in [6.07, 6.45) is 2.95. The molecule has 6 nitrogen and oxygen atoms in total. The summed E-state index contributed by atoms with van der Waals surface area (Å²) in [7, 11) is 0. The minimum Gasteiger partial charge on any atom is -0.336 e. The molecule has 0 amide bonds. The Kier molecular flexibility index (Phi) is 2.31. The second-order valence-corrected chi connectivity index (χ2v) is 4.21. The Morgan fingerprint density at radius 2 is 2.17 bits per heavy atom. The Morgan fingerprint density at radius 1 is 1.33 bits per heavy atom. The van der Waals surface area contributed by atoms with Crippen molar-refractivity contribution in [2.75, 3.05) is 5.84 Å². The SMILES string of the molecule is N=c1c2cnn(-c3cccc(Cl)c3)c2ncn1N. The molecule has 0 saturated carbocycles. The Balaban J connectivity index is 2.32. The Bertz CT molecular complexity index is 788. The first kappa shape index (κ1) is 10.8. The van der Waals surface area contributed by atoms with Gasteiger partial charge in [0.15, 0.2) is 11.1 Å². The highest BCUT2D eigenvalue weighted by atomic mass is 35.5. The number of fused-ring (bicyclic) bond motifs is 1. The minimum atomic E-state index is 0.160. The van der Waals surface area contributed by atoms with Crippen LogP contribution >= 0.6 is 11.6 Å². The van der Waals surface area contributed by atoms with Crippen molar-refractivity contribution >= 4 is 22.6 Å². The van der Waals surface area contributed by atoms with Gasteiger partial charge >= 0.3 is 0 Å². The van der Waals surface area contributed by atoms with Gasteiger partial charge in [-0.1, -0.05) is 17.7 Å². The predicted molar refractivity (Wildman–Crippen MR) is 67.9 cm³/mol. The highest BCUT2D eigenvalue weighted by molar-refractivity contribution is 6.30. The lowest BCUT2D eigenvalue weighted by Gasteiger charge is -2.03. The summed E-state index contributed by atoms with van der Waals surface area (Å²) in [5.41, 5.74) is 1.52. The van der Waals surface area contributed by atoms with Gasteiger partial charge in [0.2, 0.25) is 0 Å². The Labute approximate surface area is 107 Å². The van der Waals surface area contributed by atoms with Crippen LogP contribution in [0.5, 0.6) is 0 Å². The maximum absolute atomic E-state index is 7.82. The maximum atomic E-state index is 7.82. The summed E-state index contributed by atoms with van der Waals surface area (Å²) in [6, 6.07) is 7.27. The van der Waals surface area contributed by atoms with Gasteiger partial charge in [-0.2, -0.15) is 5.10 Å². The third-order valence-electron chi connectivity index (χ3n) is 2.61. The lowest BCUT2D eigenvalue weighted by atomic mass is 10.3. The van der Waals surface area contributed by atoms with Crippen molar-refractivity contribution in [2.24, 2.45) is 0 Å². The van der Waals surface area contributed by atoms with E-state index in [4.69, 9.17) is 22.9 Å². The molecule has 0 aliphatic heterocycles. The molecular weight excluding hydrogens is 252 g/mol. The molecule has 0 unspecified atom stereocenters. The number of aromatic nitrogens is 4. The van der Waals surface area contributed by atoms with E-state index in [2.05, 4.69) is 10.1 Å². The van der Waals surface area contributed by atoms with Crippen molar-refractivity contribution in [3.05, 3.63) is 47.3 Å². The molecule has 3 rings (SSSR count). The van der Waals surface area contributed by atoms with E-state index in [-0.39, 0.29) is 5.49 Å². The normalized spacial score (nSPS) is 10.9. The van der Waals surface area contributed by atoms with Gasteiger partial charge in [-0.05, 0) is 18.2 Å². The molecule has 3 aromatic rings. The van der Waals surface area contributed by atoms with E-state index in [0.29, 0.717) is 16.1 Å². The van der Waals surface area contributed by atoms with Gasteiger partial charge in [-0.25, -0.2) is 14.3 Å². The van der Waals surface area contributed by atoms with Crippen molar-refractivity contribution in [1.29, 1.82) is 5.41 Å². The van der Waals surface area contributed by atoms with Crippen LogP contribution in [0.3, 0.4) is 0 Å². The van der Waals surface area contributed by atoms with E-state index in [0.717, 1.165) is 10.4 Å². The highest BCUT2D eigenvalue weighted by Crippen LogP contribution is 2.17. The van der Waals surface area contributed by atoms with E-state index >= 15 is 0 Å². The molecule has 0 aliphatic rings. The average molecular weight is 261 g/mol. The molecule has 0 saturated heterocycles. The van der Waals surface area contributed by atoms with Crippen LogP contribution in [0.15, 0.2) is 36.8 Å². The van der Waals surface area contributed by atoms with Crippen molar-refractivity contribution in [3.8, 4) is 5.69 Å². The van der Waals surface area contributed by atoms with Crippen LogP contribution in [0.25, 0.3) is 16.7 Å². The molecule has 18 heavy (non-hydrogen) atoms. The first-order chi connectivity index (χ1) is 8.66. The predicted octanol–water partition coefficient (Wildman–Crippen LogP) is 1.07. The van der Waals surface area contributed by atoms with Gasteiger partial charge in [0, 0.05) is 5.02 Å². The van der Waals surface area contributed by atoms with Crippen LogP contribution in [0.1, 0.15) is 0 Å². The third-order valence-corrected chi connectivity index (χ3v) is 2.85. The summed E-state index contributed by atoms with van der Waals surface area (Å²) in [5.74, 6) is 5.57. The first-order valence-electron chi connectivity index (χ1n) is 5.18. The smallest absolute Gasteiger partial charge is 0.168 e. The molecule has 3 N–H and O–H groups in total. The molecule has 0 bridgehead atoms. The molecule has 0 atom stereocenters. The number of rotatable bonds is 1. The van der Waals surface area contributed by atoms with Crippen LogP contribution in [-0.2, 0) is 0 Å². The number of hydrogen-bond acceptors (Lipinski definition) is 4. The summed E-state index contributed by atoms with van der Waals surface area (Å²) in [4.78, 5) is 4.18. The number of nitrogens with zero attached hydrogens (tertiary/aromatic N) is 4. The van der Waals surface area contributed by atoms with E-state index in [1.807, 2.05) is 12.1 Å². The molecule has 0 fully saturated rings. The van der Waals surface area contributed by atoms with E-state index in [1.165, 1.54) is 6.33 Å². The van der Waals surface area contributed by atoms with Gasteiger partial charge < -0.3 is 5.84 Å².